The molecule has 1 aliphatic heterocycles. The number of nitrogens with zero attached hydrogens (tertiary/aromatic N) is 2. The number of rotatable bonds is 10. The molecular weight excluding hydrogens is 515 g/mol. The van der Waals surface area contributed by atoms with Gasteiger partial charge in [-0.1, -0.05) is 30.3 Å². The van der Waals surface area contributed by atoms with Crippen LogP contribution >= 0.6 is 0 Å². The molecule has 41 heavy (non-hydrogen) atoms. The van der Waals surface area contributed by atoms with Gasteiger partial charge in [0.25, 0.3) is 0 Å². The standard InChI is InChI=1S/C35H37FN2O3/c1-3-40-33-17-23(18-34(41-4-2)35(33)24-9-12-28(36)13-10-24)22-38-16-15-29-25(11-14-31(29)38)20-32(39)27-19-26-7-5-6-8-30(26)37-21-27/h5-10,12-13,17-19,21,25,29,31H,3-4,11,14-16,20,22H2,1-2H3/t25?,29-,31+/m0/s1. The van der Waals surface area contributed by atoms with E-state index in [1.165, 1.54) is 12.1 Å². The Hall–Kier alpha value is -3.77. The average Bonchev–Trinajstić information content (AvgIpc) is 3.57. The molecule has 0 N–H and O–H groups in total. The lowest BCUT2D eigenvalue weighted by Crippen LogP contribution is -2.30. The summed E-state index contributed by atoms with van der Waals surface area (Å²) in [6, 6.07) is 21.1. The molecule has 5 nitrogen and oxygen atoms in total. The lowest BCUT2D eigenvalue weighted by molar-refractivity contribution is 0.0949. The van der Waals surface area contributed by atoms with E-state index in [0.717, 1.165) is 77.0 Å². The van der Waals surface area contributed by atoms with Gasteiger partial charge in [0.15, 0.2) is 5.78 Å². The molecule has 1 saturated carbocycles. The number of hydrogen-bond acceptors (Lipinski definition) is 5. The molecule has 6 rings (SSSR count). The summed E-state index contributed by atoms with van der Waals surface area (Å²) in [7, 11) is 0. The van der Waals surface area contributed by atoms with Crippen LogP contribution in [-0.4, -0.2) is 41.5 Å². The summed E-state index contributed by atoms with van der Waals surface area (Å²) in [6.07, 6.45) is 5.63. The van der Waals surface area contributed by atoms with Crippen LogP contribution in [0.1, 0.15) is 55.5 Å². The minimum absolute atomic E-state index is 0.200. The average molecular weight is 553 g/mol. The number of halogens is 1. The number of Topliss-reactive ketones (excluding diaryl/α,β-unsaturated/α-hetero) is 1. The SMILES string of the molecule is CCOc1cc(CN2CC[C@H]3C(CC(=O)c4cnc5ccccc5c4)CC[C@H]32)cc(OCC)c1-c1ccc(F)cc1. The Kier molecular flexibility index (Phi) is 8.02. The Morgan fingerprint density at radius 2 is 1.68 bits per heavy atom. The third-order valence-electron chi connectivity index (χ3n) is 8.76. The summed E-state index contributed by atoms with van der Waals surface area (Å²) in [5.74, 6) is 2.39. The van der Waals surface area contributed by atoms with Gasteiger partial charge >= 0.3 is 0 Å². The van der Waals surface area contributed by atoms with Gasteiger partial charge in [0.2, 0.25) is 0 Å². The highest BCUT2D eigenvalue weighted by atomic mass is 19.1. The van der Waals surface area contributed by atoms with E-state index in [9.17, 15) is 9.18 Å². The van der Waals surface area contributed by atoms with Crippen molar-refractivity contribution in [1.29, 1.82) is 0 Å². The van der Waals surface area contributed by atoms with E-state index in [1.807, 2.05) is 44.2 Å². The normalized spacial score (nSPS) is 20.3. The molecule has 3 atom stereocenters. The van der Waals surface area contributed by atoms with Gasteiger partial charge in [0.1, 0.15) is 17.3 Å². The van der Waals surface area contributed by atoms with Crippen molar-refractivity contribution < 1.29 is 18.7 Å². The van der Waals surface area contributed by atoms with Gasteiger partial charge in [-0.15, -0.1) is 0 Å². The summed E-state index contributed by atoms with van der Waals surface area (Å²) in [4.78, 5) is 20.3. The van der Waals surface area contributed by atoms with Gasteiger partial charge in [-0.3, -0.25) is 14.7 Å². The van der Waals surface area contributed by atoms with E-state index in [-0.39, 0.29) is 11.6 Å². The van der Waals surface area contributed by atoms with Gasteiger partial charge in [0.05, 0.1) is 24.3 Å². The van der Waals surface area contributed by atoms with Crippen LogP contribution in [-0.2, 0) is 6.54 Å². The van der Waals surface area contributed by atoms with Crippen LogP contribution in [0.5, 0.6) is 11.5 Å². The van der Waals surface area contributed by atoms with Crippen LogP contribution < -0.4 is 9.47 Å². The molecule has 0 spiro atoms. The zero-order valence-corrected chi connectivity index (χ0v) is 23.8. The number of carbonyl (C=O) groups excluding carboxylic acids is 1. The summed E-state index contributed by atoms with van der Waals surface area (Å²) in [5, 5.41) is 1.01. The highest BCUT2D eigenvalue weighted by Crippen LogP contribution is 2.46. The Balaban J connectivity index is 1.18. The zero-order valence-electron chi connectivity index (χ0n) is 23.8. The van der Waals surface area contributed by atoms with E-state index < -0.39 is 0 Å². The minimum atomic E-state index is -0.268. The van der Waals surface area contributed by atoms with Crippen molar-refractivity contribution in [1.82, 2.24) is 9.88 Å². The summed E-state index contributed by atoms with van der Waals surface area (Å²) >= 11 is 0. The van der Waals surface area contributed by atoms with Crippen LogP contribution in [0.15, 0.2) is 72.9 Å². The van der Waals surface area contributed by atoms with E-state index >= 15 is 0 Å². The van der Waals surface area contributed by atoms with Crippen LogP contribution in [0.2, 0.25) is 0 Å². The monoisotopic (exact) mass is 552 g/mol. The van der Waals surface area contributed by atoms with E-state index in [1.54, 1.807) is 18.3 Å². The number of hydrogen-bond donors (Lipinski definition) is 0. The quantitative estimate of drug-likeness (QED) is 0.189. The van der Waals surface area contributed by atoms with Gasteiger partial charge in [-0.05, 0) is 99.0 Å². The summed E-state index contributed by atoms with van der Waals surface area (Å²) in [5.41, 5.74) is 4.51. The van der Waals surface area contributed by atoms with Gasteiger partial charge in [0, 0.05) is 36.2 Å². The van der Waals surface area contributed by atoms with Crippen LogP contribution in [0.4, 0.5) is 4.39 Å². The lowest BCUT2D eigenvalue weighted by atomic mass is 9.87. The molecule has 3 aromatic carbocycles. The van der Waals surface area contributed by atoms with Crippen molar-refractivity contribution in [2.45, 2.75) is 52.1 Å². The van der Waals surface area contributed by atoms with E-state index in [0.29, 0.717) is 37.5 Å². The number of fused-ring (bicyclic) bond motifs is 2. The third-order valence-corrected chi connectivity index (χ3v) is 8.76. The number of benzene rings is 3. The second-order valence-corrected chi connectivity index (χ2v) is 11.2. The van der Waals surface area contributed by atoms with Crippen molar-refractivity contribution in [3.8, 4) is 22.6 Å². The molecule has 1 saturated heterocycles. The van der Waals surface area contributed by atoms with Gasteiger partial charge in [-0.2, -0.15) is 0 Å². The molecule has 1 unspecified atom stereocenters. The fourth-order valence-electron chi connectivity index (χ4n) is 6.93. The van der Waals surface area contributed by atoms with Crippen molar-refractivity contribution in [3.05, 3.63) is 89.9 Å². The van der Waals surface area contributed by atoms with Gasteiger partial charge in [-0.25, -0.2) is 4.39 Å². The molecule has 0 bridgehead atoms. The van der Waals surface area contributed by atoms with Crippen molar-refractivity contribution in [2.24, 2.45) is 11.8 Å². The highest BCUT2D eigenvalue weighted by Gasteiger charge is 2.44. The molecule has 4 aromatic rings. The second-order valence-electron chi connectivity index (χ2n) is 11.2. The van der Waals surface area contributed by atoms with Crippen molar-refractivity contribution in [3.63, 3.8) is 0 Å². The maximum absolute atomic E-state index is 13.6. The molecule has 2 aliphatic rings. The maximum atomic E-state index is 13.6. The smallest absolute Gasteiger partial charge is 0.164 e. The number of likely N-dealkylation sites (tertiary alicyclic amines) is 1. The summed E-state index contributed by atoms with van der Waals surface area (Å²) < 4.78 is 25.8. The molecule has 2 heterocycles. The third kappa shape index (κ3) is 5.71. The molecule has 6 heteroatoms. The Morgan fingerprint density at radius 1 is 0.951 bits per heavy atom. The van der Waals surface area contributed by atoms with Crippen molar-refractivity contribution >= 4 is 16.7 Å². The van der Waals surface area contributed by atoms with Gasteiger partial charge < -0.3 is 9.47 Å². The van der Waals surface area contributed by atoms with Crippen molar-refractivity contribution in [2.75, 3.05) is 19.8 Å². The number of pyridine rings is 1. The predicted octanol–water partition coefficient (Wildman–Crippen LogP) is 7.71. The molecule has 1 aliphatic carbocycles. The first-order valence-electron chi connectivity index (χ1n) is 14.8. The maximum Gasteiger partial charge on any atom is 0.164 e. The Bertz CT molecular complexity index is 1510. The number of ketones is 1. The first kappa shape index (κ1) is 27.4. The number of aromatic nitrogens is 1. The number of para-hydroxylation sites is 1. The Morgan fingerprint density at radius 3 is 2.41 bits per heavy atom. The first-order valence-corrected chi connectivity index (χ1v) is 14.8. The topological polar surface area (TPSA) is 51.7 Å². The van der Waals surface area contributed by atoms with E-state index in [4.69, 9.17) is 9.47 Å². The number of carbonyl (C=O) groups is 1. The second kappa shape index (κ2) is 12.0. The first-order chi connectivity index (χ1) is 20.0. The predicted molar refractivity (Wildman–Crippen MR) is 160 cm³/mol. The summed E-state index contributed by atoms with van der Waals surface area (Å²) in [6.45, 7) is 6.83. The van der Waals surface area contributed by atoms with Crippen LogP contribution in [0.3, 0.4) is 0 Å². The fraction of sp³-hybridized carbons (Fsp3) is 0.371. The molecule has 0 radical (unpaired) electrons. The molecule has 1 aromatic heterocycles. The van der Waals surface area contributed by atoms with Crippen LogP contribution in [0, 0.1) is 17.7 Å². The fourth-order valence-corrected chi connectivity index (χ4v) is 6.93. The molecule has 212 valence electrons. The number of ether oxygens (including phenoxy) is 2. The molecular formula is C35H37FN2O3. The van der Waals surface area contributed by atoms with E-state index in [2.05, 4.69) is 22.0 Å². The molecule has 0 amide bonds. The largest absolute Gasteiger partial charge is 0.493 e. The molecule has 2 fully saturated rings. The highest BCUT2D eigenvalue weighted by molar-refractivity contribution is 5.98. The van der Waals surface area contributed by atoms with Crippen LogP contribution in [0.25, 0.3) is 22.0 Å². The lowest BCUT2D eigenvalue weighted by Gasteiger charge is -2.25. The Labute approximate surface area is 241 Å². The zero-order chi connectivity index (χ0) is 28.3. The minimum Gasteiger partial charge on any atom is -0.493 e.